The van der Waals surface area contributed by atoms with Crippen LogP contribution in [0.15, 0.2) is 17.0 Å². The first-order valence-electron chi connectivity index (χ1n) is 13.4. The van der Waals surface area contributed by atoms with Gasteiger partial charge in [-0.15, -0.1) is 0 Å². The van der Waals surface area contributed by atoms with Crippen molar-refractivity contribution in [2.75, 3.05) is 6.54 Å². The lowest BCUT2D eigenvalue weighted by Crippen LogP contribution is -2.47. The number of nitrogens with zero attached hydrogens (tertiary/aromatic N) is 6. The molecule has 2 fully saturated rings. The molecular weight excluding hydrogens is 555 g/mol. The molecule has 41 heavy (non-hydrogen) atoms. The molecule has 1 saturated carbocycles. The van der Waals surface area contributed by atoms with Crippen molar-refractivity contribution in [2.45, 2.75) is 76.4 Å². The number of hydrogen-bond acceptors (Lipinski definition) is 8. The summed E-state index contributed by atoms with van der Waals surface area (Å²) in [4.78, 5) is 34.2. The van der Waals surface area contributed by atoms with Crippen molar-refractivity contribution in [1.82, 2.24) is 40.5 Å². The topological polar surface area (TPSA) is 140 Å². The fourth-order valence-corrected chi connectivity index (χ4v) is 5.43. The van der Waals surface area contributed by atoms with E-state index in [1.165, 1.54) is 16.9 Å². The van der Waals surface area contributed by atoms with Crippen LogP contribution in [-0.4, -0.2) is 60.4 Å². The van der Waals surface area contributed by atoms with E-state index in [1.54, 1.807) is 0 Å². The highest BCUT2D eigenvalue weighted by Crippen LogP contribution is 2.41. The number of halogens is 5. The molecular formula is C25H29F5N8O3. The van der Waals surface area contributed by atoms with Crippen molar-refractivity contribution in [1.29, 1.82) is 0 Å². The maximum Gasteiger partial charge on any atom is 0.393 e. The number of hydrogen-bond donors (Lipinski definition) is 2. The van der Waals surface area contributed by atoms with Crippen LogP contribution in [0.1, 0.15) is 85.5 Å². The molecule has 2 aliphatic rings. The second kappa shape index (κ2) is 10.9. The van der Waals surface area contributed by atoms with Gasteiger partial charge in [0.2, 0.25) is 11.8 Å². The zero-order chi connectivity index (χ0) is 29.5. The Morgan fingerprint density at radius 3 is 2.66 bits per heavy atom. The van der Waals surface area contributed by atoms with E-state index in [-0.39, 0.29) is 67.5 Å². The van der Waals surface area contributed by atoms with E-state index >= 15 is 0 Å². The number of rotatable bonds is 7. The lowest BCUT2D eigenvalue weighted by molar-refractivity contribution is -0.183. The highest BCUT2D eigenvalue weighted by atomic mass is 19.4. The Morgan fingerprint density at radius 1 is 1.24 bits per heavy atom. The summed E-state index contributed by atoms with van der Waals surface area (Å²) in [5.74, 6) is -6.87. The van der Waals surface area contributed by atoms with Crippen LogP contribution in [0.3, 0.4) is 0 Å². The summed E-state index contributed by atoms with van der Waals surface area (Å²) in [6, 6.07) is -0.793. The molecule has 1 aliphatic heterocycles. The molecule has 1 saturated heterocycles. The van der Waals surface area contributed by atoms with Gasteiger partial charge in [-0.1, -0.05) is 19.0 Å². The van der Waals surface area contributed by atoms with E-state index in [0.717, 1.165) is 0 Å². The largest absolute Gasteiger partial charge is 0.393 e. The molecule has 0 spiro atoms. The van der Waals surface area contributed by atoms with Crippen LogP contribution >= 0.6 is 0 Å². The number of carbonyl (C=O) groups is 2. The highest BCUT2D eigenvalue weighted by molar-refractivity contribution is 5.93. The highest BCUT2D eigenvalue weighted by Gasteiger charge is 2.45. The zero-order valence-electron chi connectivity index (χ0n) is 22.3. The van der Waals surface area contributed by atoms with Gasteiger partial charge in [0.15, 0.2) is 5.69 Å². The van der Waals surface area contributed by atoms with Crippen LogP contribution in [0, 0.1) is 17.8 Å². The van der Waals surface area contributed by atoms with Gasteiger partial charge in [0.05, 0.1) is 35.7 Å². The smallest absolute Gasteiger partial charge is 0.355 e. The van der Waals surface area contributed by atoms with Gasteiger partial charge >= 0.3 is 6.18 Å². The Kier molecular flexibility index (Phi) is 7.68. The number of amides is 2. The lowest BCUT2D eigenvalue weighted by atomic mass is 9.81. The standard InChI is InChI=1S/C25H29F5N8O3/c1-12(2)18-20(37-41-36-18)22(40)34-19(13-3-5-24(26,27)6-4-13)17-11-38-23(33-17)32-10-16(35-38)8-14-7-15(25(28,29)30)9-31-21(14)39/h10-15,19H,3-9H2,1-2H3,(H,31,39)(H,34,40)/t14?,15-,19+/m1/s1. The summed E-state index contributed by atoms with van der Waals surface area (Å²) in [6.07, 6.45) is -2.46. The first-order valence-corrected chi connectivity index (χ1v) is 13.4. The fourth-order valence-electron chi connectivity index (χ4n) is 5.43. The Balaban J connectivity index is 1.40. The van der Waals surface area contributed by atoms with Gasteiger partial charge in [-0.25, -0.2) is 27.9 Å². The monoisotopic (exact) mass is 584 g/mol. The molecule has 2 amide bonds. The first kappa shape index (κ1) is 28.8. The van der Waals surface area contributed by atoms with Crippen molar-refractivity contribution in [3.05, 3.63) is 35.2 Å². The molecule has 1 unspecified atom stereocenters. The maximum absolute atomic E-state index is 13.9. The summed E-state index contributed by atoms with van der Waals surface area (Å²) in [5.41, 5.74) is 0.925. The average molecular weight is 585 g/mol. The average Bonchev–Trinajstić information content (AvgIpc) is 3.55. The SMILES string of the molecule is CC(C)c1nonc1C(=O)N[C@H](c1cn2nc(CC3C[C@@H](C(F)(F)F)CNC3=O)cnc2n1)C1CCC(F)(F)CC1. The molecule has 11 nitrogen and oxygen atoms in total. The summed E-state index contributed by atoms with van der Waals surface area (Å²) < 4.78 is 73.6. The van der Waals surface area contributed by atoms with E-state index in [2.05, 4.69) is 36.0 Å². The molecule has 0 aromatic carbocycles. The predicted octanol–water partition coefficient (Wildman–Crippen LogP) is 3.78. The minimum Gasteiger partial charge on any atom is -0.355 e. The minimum atomic E-state index is -4.43. The van der Waals surface area contributed by atoms with Crippen molar-refractivity contribution < 1.29 is 36.2 Å². The Bertz CT molecular complexity index is 1410. The number of nitrogens with one attached hydrogen (secondary N) is 2. The van der Waals surface area contributed by atoms with Crippen molar-refractivity contribution in [3.8, 4) is 0 Å². The second-order valence-electron chi connectivity index (χ2n) is 11.1. The summed E-state index contributed by atoms with van der Waals surface area (Å²) >= 11 is 0. The van der Waals surface area contributed by atoms with Gasteiger partial charge < -0.3 is 10.6 Å². The van der Waals surface area contributed by atoms with E-state index in [0.29, 0.717) is 11.4 Å². The van der Waals surface area contributed by atoms with Crippen molar-refractivity contribution in [2.24, 2.45) is 17.8 Å². The fraction of sp³-hybridized carbons (Fsp3) is 0.640. The van der Waals surface area contributed by atoms with E-state index in [9.17, 15) is 31.5 Å². The molecule has 2 N–H and O–H groups in total. The van der Waals surface area contributed by atoms with Crippen molar-refractivity contribution >= 4 is 17.6 Å². The quantitative estimate of drug-likeness (QED) is 0.400. The number of alkyl halides is 5. The number of imidazole rings is 1. The van der Waals surface area contributed by atoms with Gasteiger partial charge in [-0.3, -0.25) is 9.59 Å². The van der Waals surface area contributed by atoms with Gasteiger partial charge in [-0.2, -0.15) is 18.3 Å². The molecule has 0 bridgehead atoms. The van der Waals surface area contributed by atoms with E-state index in [1.807, 2.05) is 13.8 Å². The van der Waals surface area contributed by atoms with Crippen molar-refractivity contribution in [3.63, 3.8) is 0 Å². The zero-order valence-corrected chi connectivity index (χ0v) is 22.3. The molecule has 0 radical (unpaired) electrons. The number of carbonyl (C=O) groups excluding carboxylic acids is 2. The van der Waals surface area contributed by atoms with E-state index < -0.39 is 48.3 Å². The van der Waals surface area contributed by atoms with Gasteiger partial charge in [0.25, 0.3) is 11.7 Å². The third-order valence-electron chi connectivity index (χ3n) is 7.75. The van der Waals surface area contributed by atoms with Gasteiger partial charge in [0.1, 0.15) is 5.69 Å². The Hall–Kier alpha value is -3.72. The third kappa shape index (κ3) is 6.30. The summed E-state index contributed by atoms with van der Waals surface area (Å²) in [6.45, 7) is 3.17. The molecule has 4 heterocycles. The van der Waals surface area contributed by atoms with Crippen LogP contribution in [0.2, 0.25) is 0 Å². The first-order chi connectivity index (χ1) is 19.3. The molecule has 3 aromatic heterocycles. The van der Waals surface area contributed by atoms with Crippen LogP contribution in [0.5, 0.6) is 0 Å². The maximum atomic E-state index is 13.9. The predicted molar refractivity (Wildman–Crippen MR) is 131 cm³/mol. The molecule has 5 rings (SSSR count). The number of piperidine rings is 1. The van der Waals surface area contributed by atoms with Gasteiger partial charge in [0, 0.05) is 37.6 Å². The molecule has 222 valence electrons. The molecule has 1 aliphatic carbocycles. The van der Waals surface area contributed by atoms with Crippen LogP contribution < -0.4 is 10.6 Å². The second-order valence-corrected chi connectivity index (χ2v) is 11.1. The minimum absolute atomic E-state index is 0.0173. The Morgan fingerprint density at radius 2 is 1.98 bits per heavy atom. The summed E-state index contributed by atoms with van der Waals surface area (Å²) in [7, 11) is 0. The van der Waals surface area contributed by atoms with Crippen LogP contribution in [0.4, 0.5) is 22.0 Å². The molecule has 3 atom stereocenters. The van der Waals surface area contributed by atoms with E-state index in [4.69, 9.17) is 4.63 Å². The van der Waals surface area contributed by atoms with Gasteiger partial charge in [-0.05, 0) is 30.3 Å². The molecule has 3 aromatic rings. The van der Waals surface area contributed by atoms with Crippen LogP contribution in [-0.2, 0) is 11.2 Å². The lowest BCUT2D eigenvalue weighted by Gasteiger charge is -2.33. The Labute approximate surface area is 230 Å². The molecule has 16 heteroatoms. The number of aromatic nitrogens is 6. The van der Waals surface area contributed by atoms with Crippen LogP contribution in [0.25, 0.3) is 5.78 Å². The number of fused-ring (bicyclic) bond motifs is 1. The summed E-state index contributed by atoms with van der Waals surface area (Å²) in [5, 5.41) is 17.1. The third-order valence-corrected chi connectivity index (χ3v) is 7.75. The normalized spacial score (nSPS) is 22.6.